The molecule has 86 valence electrons. The highest BCUT2D eigenvalue weighted by molar-refractivity contribution is 5.91. The summed E-state index contributed by atoms with van der Waals surface area (Å²) < 4.78 is 14.2. The van der Waals surface area contributed by atoms with Crippen LogP contribution in [0.4, 0.5) is 0 Å². The summed E-state index contributed by atoms with van der Waals surface area (Å²) >= 11 is 0. The number of rotatable bonds is 7. The van der Waals surface area contributed by atoms with E-state index in [-0.39, 0.29) is 18.6 Å². The molecular formula is C9H14O6. The number of esters is 1. The van der Waals surface area contributed by atoms with Gasteiger partial charge in [0.2, 0.25) is 0 Å². The molecule has 0 amide bonds. The Bertz CT molecular complexity index is 243. The largest absolute Gasteiger partial charge is 0.478 e. The van der Waals surface area contributed by atoms with Gasteiger partial charge in [-0.25, -0.2) is 4.79 Å². The minimum atomic E-state index is -1.22. The molecular weight excluding hydrogens is 204 g/mol. The van der Waals surface area contributed by atoms with Gasteiger partial charge in [0.15, 0.2) is 6.29 Å². The molecule has 0 saturated heterocycles. The maximum absolute atomic E-state index is 11.0. The molecule has 0 aromatic heterocycles. The molecule has 0 bridgehead atoms. The summed E-state index contributed by atoms with van der Waals surface area (Å²) in [4.78, 5) is 21.4. The molecule has 6 heteroatoms. The third-order valence-electron chi connectivity index (χ3n) is 1.57. The summed E-state index contributed by atoms with van der Waals surface area (Å²) in [6, 6.07) is 0. The van der Waals surface area contributed by atoms with Crippen molar-refractivity contribution in [3.8, 4) is 0 Å². The van der Waals surface area contributed by atoms with Gasteiger partial charge in [0, 0.05) is 19.8 Å². The first-order valence-electron chi connectivity index (χ1n) is 4.13. The smallest absolute Gasteiger partial charge is 0.331 e. The van der Waals surface area contributed by atoms with E-state index in [0.29, 0.717) is 0 Å². The minimum absolute atomic E-state index is 0.0846. The summed E-state index contributed by atoms with van der Waals surface area (Å²) in [5.41, 5.74) is -0.216. The van der Waals surface area contributed by atoms with E-state index in [1.54, 1.807) is 0 Å². The average Bonchev–Trinajstić information content (AvgIpc) is 2.19. The fourth-order valence-corrected chi connectivity index (χ4v) is 0.694. The molecule has 0 aromatic rings. The van der Waals surface area contributed by atoms with Gasteiger partial charge in [-0.15, -0.1) is 0 Å². The van der Waals surface area contributed by atoms with Crippen molar-refractivity contribution in [2.45, 2.75) is 12.7 Å². The lowest BCUT2D eigenvalue weighted by Crippen LogP contribution is -2.23. The molecule has 0 aliphatic heterocycles. The monoisotopic (exact) mass is 218 g/mol. The molecule has 0 saturated carbocycles. The maximum Gasteiger partial charge on any atom is 0.331 e. The quantitative estimate of drug-likeness (QED) is 0.373. The number of aliphatic carboxylic acids is 1. The van der Waals surface area contributed by atoms with E-state index >= 15 is 0 Å². The second kappa shape index (κ2) is 6.97. The number of ether oxygens (including phenoxy) is 3. The molecule has 0 spiro atoms. The standard InChI is InChI=1S/C9H14O6/c1-6(9(11)12)4-7(10)15-5-8(13-2)14-3/h8H,1,4-5H2,2-3H3,(H,11,12). The first kappa shape index (κ1) is 13.6. The van der Waals surface area contributed by atoms with E-state index in [9.17, 15) is 9.59 Å². The highest BCUT2D eigenvalue weighted by atomic mass is 16.7. The number of carboxylic acid groups (broad SMARTS) is 1. The highest BCUT2D eigenvalue weighted by Crippen LogP contribution is 2.01. The Kier molecular flexibility index (Phi) is 6.32. The van der Waals surface area contributed by atoms with Crippen LogP contribution in [0.2, 0.25) is 0 Å². The van der Waals surface area contributed by atoms with Crippen LogP contribution >= 0.6 is 0 Å². The summed E-state index contributed by atoms with van der Waals surface area (Å²) in [5, 5.41) is 8.44. The lowest BCUT2D eigenvalue weighted by Gasteiger charge is -2.13. The number of carboxylic acids is 1. The van der Waals surface area contributed by atoms with Gasteiger partial charge < -0.3 is 19.3 Å². The summed E-state index contributed by atoms with van der Waals surface area (Å²) in [5.74, 6) is -1.90. The zero-order valence-electron chi connectivity index (χ0n) is 8.69. The molecule has 0 fully saturated rings. The molecule has 0 aromatic carbocycles. The zero-order chi connectivity index (χ0) is 11.8. The Morgan fingerprint density at radius 1 is 1.33 bits per heavy atom. The lowest BCUT2D eigenvalue weighted by atomic mass is 10.2. The van der Waals surface area contributed by atoms with E-state index in [0.717, 1.165) is 0 Å². The van der Waals surface area contributed by atoms with Gasteiger partial charge in [0.25, 0.3) is 0 Å². The van der Waals surface area contributed by atoms with Crippen LogP contribution < -0.4 is 0 Å². The molecule has 0 radical (unpaired) electrons. The van der Waals surface area contributed by atoms with Crippen LogP contribution in [0.25, 0.3) is 0 Å². The SMILES string of the molecule is C=C(CC(=O)OCC(OC)OC)C(=O)O. The van der Waals surface area contributed by atoms with E-state index < -0.39 is 18.2 Å². The Hall–Kier alpha value is -1.40. The summed E-state index contributed by atoms with van der Waals surface area (Å²) in [6.07, 6.45) is -0.998. The van der Waals surface area contributed by atoms with Crippen molar-refractivity contribution in [1.29, 1.82) is 0 Å². The van der Waals surface area contributed by atoms with Crippen LogP contribution in [0, 0.1) is 0 Å². The van der Waals surface area contributed by atoms with Crippen molar-refractivity contribution >= 4 is 11.9 Å². The van der Waals surface area contributed by atoms with Crippen molar-refractivity contribution in [3.05, 3.63) is 12.2 Å². The van der Waals surface area contributed by atoms with E-state index in [2.05, 4.69) is 6.58 Å². The van der Waals surface area contributed by atoms with Gasteiger partial charge in [0.05, 0.1) is 6.42 Å². The fraction of sp³-hybridized carbons (Fsp3) is 0.556. The van der Waals surface area contributed by atoms with Crippen LogP contribution in [-0.4, -0.2) is 44.2 Å². The molecule has 6 nitrogen and oxygen atoms in total. The molecule has 15 heavy (non-hydrogen) atoms. The molecule has 0 rings (SSSR count). The first-order valence-corrected chi connectivity index (χ1v) is 4.13. The Morgan fingerprint density at radius 3 is 2.27 bits per heavy atom. The minimum Gasteiger partial charge on any atom is -0.478 e. The molecule has 0 aliphatic carbocycles. The molecule has 0 aliphatic rings. The second-order valence-corrected chi connectivity index (χ2v) is 2.67. The first-order chi connectivity index (χ1) is 7.01. The van der Waals surface area contributed by atoms with E-state index in [1.165, 1.54) is 14.2 Å². The van der Waals surface area contributed by atoms with Gasteiger partial charge >= 0.3 is 11.9 Å². The van der Waals surface area contributed by atoms with Gasteiger partial charge in [-0.3, -0.25) is 4.79 Å². The second-order valence-electron chi connectivity index (χ2n) is 2.67. The van der Waals surface area contributed by atoms with Gasteiger partial charge in [-0.05, 0) is 0 Å². The van der Waals surface area contributed by atoms with Crippen molar-refractivity contribution in [2.24, 2.45) is 0 Å². The molecule has 0 heterocycles. The Morgan fingerprint density at radius 2 is 1.87 bits per heavy atom. The number of hydrogen-bond donors (Lipinski definition) is 1. The molecule has 0 atom stereocenters. The average molecular weight is 218 g/mol. The number of carbonyl (C=O) groups is 2. The Balaban J connectivity index is 3.84. The van der Waals surface area contributed by atoms with Crippen LogP contribution in [-0.2, 0) is 23.8 Å². The van der Waals surface area contributed by atoms with Crippen LogP contribution in [0.3, 0.4) is 0 Å². The zero-order valence-corrected chi connectivity index (χ0v) is 8.69. The van der Waals surface area contributed by atoms with Crippen molar-refractivity contribution in [2.75, 3.05) is 20.8 Å². The fourth-order valence-electron chi connectivity index (χ4n) is 0.694. The number of hydrogen-bond acceptors (Lipinski definition) is 5. The predicted molar refractivity (Wildman–Crippen MR) is 50.2 cm³/mol. The summed E-state index contributed by atoms with van der Waals surface area (Å²) in [7, 11) is 2.80. The highest BCUT2D eigenvalue weighted by Gasteiger charge is 2.13. The van der Waals surface area contributed by atoms with Gasteiger partial charge in [-0.2, -0.15) is 0 Å². The number of carbonyl (C=O) groups excluding carboxylic acids is 1. The molecule has 1 N–H and O–H groups in total. The van der Waals surface area contributed by atoms with Crippen molar-refractivity contribution in [3.63, 3.8) is 0 Å². The van der Waals surface area contributed by atoms with Crippen LogP contribution in [0.1, 0.15) is 6.42 Å². The van der Waals surface area contributed by atoms with E-state index in [1.807, 2.05) is 0 Å². The number of methoxy groups -OCH3 is 2. The van der Waals surface area contributed by atoms with E-state index in [4.69, 9.17) is 19.3 Å². The molecule has 0 unspecified atom stereocenters. The summed E-state index contributed by atoms with van der Waals surface area (Å²) in [6.45, 7) is 3.11. The van der Waals surface area contributed by atoms with Crippen LogP contribution in [0.15, 0.2) is 12.2 Å². The van der Waals surface area contributed by atoms with Crippen LogP contribution in [0.5, 0.6) is 0 Å². The Labute approximate surface area is 87.4 Å². The third kappa shape index (κ3) is 5.82. The predicted octanol–water partition coefficient (Wildman–Crippen LogP) is 0.179. The lowest BCUT2D eigenvalue weighted by molar-refractivity contribution is -0.166. The maximum atomic E-state index is 11.0. The normalized spacial score (nSPS) is 10.1. The topological polar surface area (TPSA) is 82.1 Å². The van der Waals surface area contributed by atoms with Crippen molar-refractivity contribution < 1.29 is 28.9 Å². The third-order valence-corrected chi connectivity index (χ3v) is 1.57. The van der Waals surface area contributed by atoms with Gasteiger partial charge in [-0.1, -0.05) is 6.58 Å². The van der Waals surface area contributed by atoms with Crippen molar-refractivity contribution in [1.82, 2.24) is 0 Å². The van der Waals surface area contributed by atoms with Gasteiger partial charge in [0.1, 0.15) is 6.61 Å².